The predicted octanol–water partition coefficient (Wildman–Crippen LogP) is 2.40. The number of rotatable bonds is 5. The van der Waals surface area contributed by atoms with Crippen molar-refractivity contribution >= 4 is 22.6 Å². The summed E-state index contributed by atoms with van der Waals surface area (Å²) < 4.78 is 0. The third-order valence-electron chi connectivity index (χ3n) is 5.06. The first-order valence-corrected chi connectivity index (χ1v) is 8.91. The molecule has 27 heavy (non-hydrogen) atoms. The Labute approximate surface area is 155 Å². The summed E-state index contributed by atoms with van der Waals surface area (Å²) in [5, 5.41) is 20.2. The molecule has 138 valence electrons. The summed E-state index contributed by atoms with van der Waals surface area (Å²) in [5.74, 6) is -0.417. The minimum Gasteiger partial charge on any atom is -0.393 e. The lowest BCUT2D eigenvalue weighted by Crippen LogP contribution is -2.41. The van der Waals surface area contributed by atoms with Gasteiger partial charge < -0.3 is 10.4 Å². The number of Topliss-reactive ketones (excluding diaryl/α,β-unsaturated/α-hetero) is 1. The molecule has 1 saturated carbocycles. The van der Waals surface area contributed by atoms with E-state index in [9.17, 15) is 14.7 Å². The highest BCUT2D eigenvalue weighted by molar-refractivity contribution is 5.97. The standard InChI is InChI=1S/C20H20N4O3/c1-11(25)17-9-18(24-23-17)20(27)22-19(13-7-15(26)8-13)14-6-12-4-2-3-5-16(12)21-10-14/h2-6,9-10,13,15,19,26H,7-8H2,1H3,(H,22,27)(H,23,24)/t13?,15?,19-/m0/s1. The van der Waals surface area contributed by atoms with Gasteiger partial charge in [-0.3, -0.25) is 19.7 Å². The number of amides is 1. The van der Waals surface area contributed by atoms with Crippen LogP contribution in [0.25, 0.3) is 10.9 Å². The molecule has 0 bridgehead atoms. The van der Waals surface area contributed by atoms with E-state index in [1.165, 1.54) is 13.0 Å². The average molecular weight is 364 g/mol. The number of hydrogen-bond acceptors (Lipinski definition) is 5. The van der Waals surface area contributed by atoms with Gasteiger partial charge in [-0.25, -0.2) is 0 Å². The lowest BCUT2D eigenvalue weighted by molar-refractivity contribution is 0.0234. The number of aliphatic hydroxyl groups excluding tert-OH is 1. The summed E-state index contributed by atoms with van der Waals surface area (Å²) in [7, 11) is 0. The Morgan fingerprint density at radius 3 is 2.74 bits per heavy atom. The van der Waals surface area contributed by atoms with E-state index >= 15 is 0 Å². The number of benzene rings is 1. The Hall–Kier alpha value is -3.06. The van der Waals surface area contributed by atoms with Gasteiger partial charge in [0.2, 0.25) is 0 Å². The highest BCUT2D eigenvalue weighted by atomic mass is 16.3. The molecule has 0 radical (unpaired) electrons. The van der Waals surface area contributed by atoms with Crippen LogP contribution < -0.4 is 5.32 Å². The van der Waals surface area contributed by atoms with E-state index in [0.29, 0.717) is 12.8 Å². The Balaban J connectivity index is 1.62. The Bertz CT molecular complexity index is 1010. The van der Waals surface area contributed by atoms with Crippen LogP contribution in [-0.2, 0) is 0 Å². The number of carbonyl (C=O) groups excluding carboxylic acids is 2. The number of H-pyrrole nitrogens is 1. The first-order valence-electron chi connectivity index (χ1n) is 8.91. The maximum absolute atomic E-state index is 12.7. The third kappa shape index (κ3) is 3.46. The maximum atomic E-state index is 12.7. The van der Waals surface area contributed by atoms with Crippen molar-refractivity contribution in [3.05, 3.63) is 59.5 Å². The second-order valence-electron chi connectivity index (χ2n) is 7.02. The van der Waals surface area contributed by atoms with Gasteiger partial charge in [-0.05, 0) is 42.5 Å². The molecule has 3 aromatic rings. The molecule has 2 aromatic heterocycles. The van der Waals surface area contributed by atoms with E-state index in [1.54, 1.807) is 6.20 Å². The molecule has 3 N–H and O–H groups in total. The highest BCUT2D eigenvalue weighted by Crippen LogP contribution is 2.38. The van der Waals surface area contributed by atoms with Crippen molar-refractivity contribution in [3.8, 4) is 0 Å². The molecule has 1 amide bonds. The highest BCUT2D eigenvalue weighted by Gasteiger charge is 2.36. The number of para-hydroxylation sites is 1. The van der Waals surface area contributed by atoms with E-state index in [-0.39, 0.29) is 41.1 Å². The van der Waals surface area contributed by atoms with Gasteiger partial charge in [-0.2, -0.15) is 5.10 Å². The van der Waals surface area contributed by atoms with Gasteiger partial charge in [-0.1, -0.05) is 18.2 Å². The van der Waals surface area contributed by atoms with Crippen LogP contribution >= 0.6 is 0 Å². The number of ketones is 1. The molecule has 7 heteroatoms. The van der Waals surface area contributed by atoms with E-state index in [0.717, 1.165) is 16.5 Å². The van der Waals surface area contributed by atoms with Crippen molar-refractivity contribution in [1.29, 1.82) is 0 Å². The fourth-order valence-corrected chi connectivity index (χ4v) is 3.47. The van der Waals surface area contributed by atoms with Gasteiger partial charge in [0.15, 0.2) is 5.78 Å². The number of carbonyl (C=O) groups is 2. The van der Waals surface area contributed by atoms with Gasteiger partial charge in [-0.15, -0.1) is 0 Å². The Morgan fingerprint density at radius 2 is 2.04 bits per heavy atom. The molecule has 0 aliphatic heterocycles. The number of aliphatic hydroxyl groups is 1. The number of aromatic nitrogens is 3. The third-order valence-corrected chi connectivity index (χ3v) is 5.06. The maximum Gasteiger partial charge on any atom is 0.269 e. The smallest absolute Gasteiger partial charge is 0.269 e. The van der Waals surface area contributed by atoms with Crippen LogP contribution in [0.1, 0.15) is 52.3 Å². The van der Waals surface area contributed by atoms with Crippen molar-refractivity contribution in [3.63, 3.8) is 0 Å². The number of hydrogen-bond donors (Lipinski definition) is 3. The van der Waals surface area contributed by atoms with Crippen LogP contribution in [0.5, 0.6) is 0 Å². The molecule has 1 atom stereocenters. The quantitative estimate of drug-likeness (QED) is 0.603. The average Bonchev–Trinajstić information content (AvgIpc) is 3.14. The molecule has 7 nitrogen and oxygen atoms in total. The zero-order valence-electron chi connectivity index (χ0n) is 14.8. The van der Waals surface area contributed by atoms with Crippen molar-refractivity contribution in [2.75, 3.05) is 0 Å². The van der Waals surface area contributed by atoms with E-state index in [2.05, 4.69) is 20.5 Å². The van der Waals surface area contributed by atoms with Gasteiger partial charge >= 0.3 is 0 Å². The summed E-state index contributed by atoms with van der Waals surface area (Å²) >= 11 is 0. The fraction of sp³-hybridized carbons (Fsp3) is 0.300. The summed E-state index contributed by atoms with van der Waals surface area (Å²) in [6.07, 6.45) is 2.68. The first-order chi connectivity index (χ1) is 13.0. The predicted molar refractivity (Wildman–Crippen MR) is 99.3 cm³/mol. The van der Waals surface area contributed by atoms with Gasteiger partial charge in [0, 0.05) is 18.5 Å². The van der Waals surface area contributed by atoms with E-state index in [1.807, 2.05) is 30.3 Å². The van der Waals surface area contributed by atoms with Gasteiger partial charge in [0.1, 0.15) is 11.4 Å². The molecular weight excluding hydrogens is 344 g/mol. The number of nitrogens with one attached hydrogen (secondary N) is 2. The van der Waals surface area contributed by atoms with Crippen LogP contribution in [0.3, 0.4) is 0 Å². The molecule has 0 unspecified atom stereocenters. The minimum absolute atomic E-state index is 0.127. The summed E-state index contributed by atoms with van der Waals surface area (Å²) in [5.41, 5.74) is 2.24. The van der Waals surface area contributed by atoms with Crippen LogP contribution in [0.4, 0.5) is 0 Å². The number of pyridine rings is 1. The molecule has 1 aliphatic carbocycles. The summed E-state index contributed by atoms with van der Waals surface area (Å²) in [6.45, 7) is 1.40. The van der Waals surface area contributed by atoms with Crippen molar-refractivity contribution in [2.45, 2.75) is 31.9 Å². The molecule has 1 aromatic carbocycles. The van der Waals surface area contributed by atoms with Crippen molar-refractivity contribution in [1.82, 2.24) is 20.5 Å². The second-order valence-corrected chi connectivity index (χ2v) is 7.02. The van der Waals surface area contributed by atoms with Crippen LogP contribution in [0.2, 0.25) is 0 Å². The summed E-state index contributed by atoms with van der Waals surface area (Å²) in [4.78, 5) is 28.6. The number of aromatic amines is 1. The minimum atomic E-state index is -0.338. The van der Waals surface area contributed by atoms with Crippen LogP contribution in [-0.4, -0.2) is 38.1 Å². The normalized spacial score (nSPS) is 20.1. The van der Waals surface area contributed by atoms with Crippen molar-refractivity contribution in [2.24, 2.45) is 5.92 Å². The second kappa shape index (κ2) is 6.92. The molecule has 2 heterocycles. The topological polar surface area (TPSA) is 108 Å². The van der Waals surface area contributed by atoms with E-state index in [4.69, 9.17) is 0 Å². The molecular formula is C20H20N4O3. The monoisotopic (exact) mass is 364 g/mol. The SMILES string of the molecule is CC(=O)c1cc(C(=O)N[C@H](c2cnc3ccccc3c2)C2CC(O)C2)[nH]n1. The largest absolute Gasteiger partial charge is 0.393 e. The first kappa shape index (κ1) is 17.4. The summed E-state index contributed by atoms with van der Waals surface area (Å²) in [6, 6.07) is 11.0. The molecule has 1 aliphatic rings. The Morgan fingerprint density at radius 1 is 1.26 bits per heavy atom. The Kier molecular flexibility index (Phi) is 4.45. The van der Waals surface area contributed by atoms with Crippen molar-refractivity contribution < 1.29 is 14.7 Å². The lowest BCUT2D eigenvalue weighted by atomic mass is 9.75. The fourth-order valence-electron chi connectivity index (χ4n) is 3.47. The molecule has 0 spiro atoms. The van der Waals surface area contributed by atoms with Gasteiger partial charge in [0.25, 0.3) is 5.91 Å². The number of fused-ring (bicyclic) bond motifs is 1. The molecule has 4 rings (SSSR count). The molecule has 0 saturated heterocycles. The zero-order valence-corrected chi connectivity index (χ0v) is 14.8. The van der Waals surface area contributed by atoms with Crippen LogP contribution in [0, 0.1) is 5.92 Å². The molecule has 1 fully saturated rings. The lowest BCUT2D eigenvalue weighted by Gasteiger charge is -2.38. The van der Waals surface area contributed by atoms with E-state index < -0.39 is 0 Å². The zero-order chi connectivity index (χ0) is 19.0. The number of nitrogens with zero attached hydrogens (tertiary/aromatic N) is 2. The van der Waals surface area contributed by atoms with Gasteiger partial charge in [0.05, 0.1) is 17.7 Å². The van der Waals surface area contributed by atoms with Crippen LogP contribution in [0.15, 0.2) is 42.6 Å².